The van der Waals surface area contributed by atoms with Gasteiger partial charge in [0.25, 0.3) is 0 Å². The first-order valence-electron chi connectivity index (χ1n) is 14.0. The van der Waals surface area contributed by atoms with E-state index in [1.54, 1.807) is 12.1 Å². The molecule has 3 fully saturated rings. The van der Waals surface area contributed by atoms with Gasteiger partial charge in [-0.15, -0.1) is 0 Å². The van der Waals surface area contributed by atoms with Crippen molar-refractivity contribution in [2.24, 2.45) is 0 Å². The van der Waals surface area contributed by atoms with E-state index in [0.29, 0.717) is 28.2 Å². The van der Waals surface area contributed by atoms with Gasteiger partial charge in [-0.25, -0.2) is 4.39 Å². The molecule has 0 N–H and O–H groups in total. The number of likely N-dealkylation sites (tertiary alicyclic amines) is 3. The molecule has 0 aromatic heterocycles. The SMILES string of the molecule is O=C(Cc1c(F)cccc1Cl)N1CC[C@](CCN2CCC(N3CCCCC3)CC2)(c2ccc(Cl)c(Cl)c2)C1. The van der Waals surface area contributed by atoms with Crippen molar-refractivity contribution in [3.8, 4) is 0 Å². The Hall–Kier alpha value is -1.37. The lowest BCUT2D eigenvalue weighted by Gasteiger charge is -2.41. The van der Waals surface area contributed by atoms with Gasteiger partial charge in [0.1, 0.15) is 5.82 Å². The van der Waals surface area contributed by atoms with Crippen LogP contribution in [0.5, 0.6) is 0 Å². The number of amides is 1. The molecule has 3 saturated heterocycles. The smallest absolute Gasteiger partial charge is 0.227 e. The van der Waals surface area contributed by atoms with E-state index in [2.05, 4.69) is 15.9 Å². The van der Waals surface area contributed by atoms with Crippen LogP contribution in [0.4, 0.5) is 4.39 Å². The molecule has 0 unspecified atom stereocenters. The molecule has 1 atom stereocenters. The Morgan fingerprint density at radius 1 is 0.921 bits per heavy atom. The largest absolute Gasteiger partial charge is 0.341 e. The van der Waals surface area contributed by atoms with Crippen LogP contribution in [0.25, 0.3) is 0 Å². The zero-order valence-electron chi connectivity index (χ0n) is 21.9. The third-order valence-electron chi connectivity index (χ3n) is 9.00. The highest BCUT2D eigenvalue weighted by Gasteiger charge is 2.42. The minimum atomic E-state index is -0.436. The van der Waals surface area contributed by atoms with Crippen molar-refractivity contribution in [3.63, 3.8) is 0 Å². The predicted molar refractivity (Wildman–Crippen MR) is 154 cm³/mol. The lowest BCUT2D eigenvalue weighted by atomic mass is 9.76. The molecule has 3 aliphatic heterocycles. The van der Waals surface area contributed by atoms with Crippen molar-refractivity contribution in [2.45, 2.75) is 62.8 Å². The number of carbonyl (C=O) groups is 1. The fourth-order valence-electron chi connectivity index (χ4n) is 6.62. The van der Waals surface area contributed by atoms with Crippen LogP contribution in [-0.2, 0) is 16.6 Å². The first-order chi connectivity index (χ1) is 18.3. The van der Waals surface area contributed by atoms with Crippen LogP contribution in [0.1, 0.15) is 56.1 Å². The monoisotopic (exact) mass is 579 g/mol. The van der Waals surface area contributed by atoms with E-state index in [0.717, 1.165) is 44.1 Å². The summed E-state index contributed by atoms with van der Waals surface area (Å²) in [4.78, 5) is 20.5. The molecule has 1 amide bonds. The van der Waals surface area contributed by atoms with E-state index >= 15 is 0 Å². The van der Waals surface area contributed by atoms with Gasteiger partial charge in [0.2, 0.25) is 5.91 Å². The molecule has 0 radical (unpaired) electrons. The van der Waals surface area contributed by atoms with Gasteiger partial charge in [0.15, 0.2) is 0 Å². The number of halogens is 4. The third-order valence-corrected chi connectivity index (χ3v) is 10.1. The molecule has 0 saturated carbocycles. The van der Waals surface area contributed by atoms with Crippen molar-refractivity contribution in [1.82, 2.24) is 14.7 Å². The zero-order chi connectivity index (χ0) is 26.7. The summed E-state index contributed by atoms with van der Waals surface area (Å²) in [6.07, 6.45) is 8.25. The van der Waals surface area contributed by atoms with E-state index < -0.39 is 5.82 Å². The molecular weight excluding hydrogens is 544 g/mol. The molecule has 0 bridgehead atoms. The molecule has 8 heteroatoms. The number of piperidine rings is 2. The molecule has 2 aromatic rings. The van der Waals surface area contributed by atoms with Gasteiger partial charge < -0.3 is 14.7 Å². The van der Waals surface area contributed by atoms with Gasteiger partial charge in [0, 0.05) is 35.1 Å². The third kappa shape index (κ3) is 6.33. The second-order valence-electron chi connectivity index (χ2n) is 11.3. The van der Waals surface area contributed by atoms with Gasteiger partial charge in [-0.3, -0.25) is 4.79 Å². The summed E-state index contributed by atoms with van der Waals surface area (Å²) in [6.45, 7) is 6.94. The maximum atomic E-state index is 14.4. The Labute approximate surface area is 241 Å². The first-order valence-corrected chi connectivity index (χ1v) is 15.1. The van der Waals surface area contributed by atoms with E-state index in [-0.39, 0.29) is 23.3 Å². The molecule has 3 heterocycles. The van der Waals surface area contributed by atoms with Crippen LogP contribution in [0.3, 0.4) is 0 Å². The Balaban J connectivity index is 1.26. The van der Waals surface area contributed by atoms with Crippen molar-refractivity contribution in [1.29, 1.82) is 0 Å². The Morgan fingerprint density at radius 3 is 2.39 bits per heavy atom. The number of rotatable bonds is 7. The quantitative estimate of drug-likeness (QED) is 0.359. The van der Waals surface area contributed by atoms with Crippen LogP contribution in [0.15, 0.2) is 36.4 Å². The lowest BCUT2D eigenvalue weighted by Crippen LogP contribution is -2.47. The van der Waals surface area contributed by atoms with Crippen LogP contribution < -0.4 is 0 Å². The van der Waals surface area contributed by atoms with E-state index in [1.165, 1.54) is 51.3 Å². The van der Waals surface area contributed by atoms with Crippen molar-refractivity contribution in [2.75, 3.05) is 45.8 Å². The van der Waals surface area contributed by atoms with Gasteiger partial charge >= 0.3 is 0 Å². The number of benzene rings is 2. The van der Waals surface area contributed by atoms with Gasteiger partial charge in [0.05, 0.1) is 16.5 Å². The fourth-order valence-corrected chi connectivity index (χ4v) is 7.15. The summed E-state index contributed by atoms with van der Waals surface area (Å²) in [5.41, 5.74) is 1.17. The molecule has 206 valence electrons. The minimum absolute atomic E-state index is 0.0347. The standard InChI is InChI=1S/C30H37Cl3FN3O/c31-25-5-4-6-28(34)24(25)20-29(38)37-18-12-30(21-37,22-7-8-26(32)27(33)19-22)11-17-35-15-9-23(10-16-35)36-13-2-1-3-14-36/h4-8,19,23H,1-3,9-18,20-21H2/t30-/m0/s1. The van der Waals surface area contributed by atoms with E-state index in [9.17, 15) is 9.18 Å². The highest BCUT2D eigenvalue weighted by Crippen LogP contribution is 2.41. The van der Waals surface area contributed by atoms with Crippen molar-refractivity contribution < 1.29 is 9.18 Å². The maximum Gasteiger partial charge on any atom is 0.227 e. The predicted octanol–water partition coefficient (Wildman–Crippen LogP) is 6.84. The van der Waals surface area contributed by atoms with Gasteiger partial charge in [-0.1, -0.05) is 53.4 Å². The summed E-state index contributed by atoms with van der Waals surface area (Å²) >= 11 is 18.9. The van der Waals surface area contributed by atoms with Crippen LogP contribution in [0.2, 0.25) is 15.1 Å². The summed E-state index contributed by atoms with van der Waals surface area (Å²) < 4.78 is 14.4. The lowest BCUT2D eigenvalue weighted by molar-refractivity contribution is -0.129. The molecule has 0 aliphatic carbocycles. The average Bonchev–Trinajstić information content (AvgIpc) is 3.38. The van der Waals surface area contributed by atoms with E-state index in [4.69, 9.17) is 34.8 Å². The summed E-state index contributed by atoms with van der Waals surface area (Å²) in [7, 11) is 0. The molecule has 2 aromatic carbocycles. The highest BCUT2D eigenvalue weighted by atomic mass is 35.5. The second-order valence-corrected chi connectivity index (χ2v) is 12.5. The number of hydrogen-bond acceptors (Lipinski definition) is 3. The Morgan fingerprint density at radius 2 is 1.68 bits per heavy atom. The van der Waals surface area contributed by atoms with Gasteiger partial charge in [-0.2, -0.15) is 0 Å². The summed E-state index contributed by atoms with van der Waals surface area (Å²) in [6, 6.07) is 11.1. The number of hydrogen-bond donors (Lipinski definition) is 0. The van der Waals surface area contributed by atoms with Crippen LogP contribution >= 0.6 is 34.8 Å². The van der Waals surface area contributed by atoms with E-state index in [1.807, 2.05) is 17.0 Å². The Bertz CT molecular complexity index is 1110. The van der Waals surface area contributed by atoms with Crippen LogP contribution in [-0.4, -0.2) is 72.5 Å². The van der Waals surface area contributed by atoms with Crippen LogP contribution in [0, 0.1) is 5.82 Å². The van der Waals surface area contributed by atoms with Crippen molar-refractivity contribution >= 4 is 40.7 Å². The van der Waals surface area contributed by atoms with Gasteiger partial charge in [-0.05, 0) is 101 Å². The second kappa shape index (κ2) is 12.4. The molecule has 5 rings (SSSR count). The minimum Gasteiger partial charge on any atom is -0.341 e. The molecule has 3 aliphatic rings. The fraction of sp³-hybridized carbons (Fsp3) is 0.567. The first kappa shape index (κ1) is 28.2. The number of nitrogens with zero attached hydrogens (tertiary/aromatic N) is 3. The molecule has 38 heavy (non-hydrogen) atoms. The number of carbonyl (C=O) groups excluding carboxylic acids is 1. The van der Waals surface area contributed by atoms with Crippen molar-refractivity contribution in [3.05, 3.63) is 68.4 Å². The maximum absolute atomic E-state index is 14.4. The zero-order valence-corrected chi connectivity index (χ0v) is 24.2. The molecule has 0 spiro atoms. The average molecular weight is 581 g/mol. The topological polar surface area (TPSA) is 26.8 Å². The summed E-state index contributed by atoms with van der Waals surface area (Å²) in [5, 5.41) is 1.36. The molecule has 4 nitrogen and oxygen atoms in total. The molecular formula is C30H37Cl3FN3O. The highest BCUT2D eigenvalue weighted by molar-refractivity contribution is 6.42. The Kier molecular flexibility index (Phi) is 9.21. The normalized spacial score (nSPS) is 23.7. The summed E-state index contributed by atoms with van der Waals surface area (Å²) in [5.74, 6) is -0.532.